The van der Waals surface area contributed by atoms with Crippen molar-refractivity contribution < 1.29 is 14.9 Å². The number of ether oxygens (including phenoxy) is 1. The fourth-order valence-corrected chi connectivity index (χ4v) is 2.38. The van der Waals surface area contributed by atoms with E-state index < -0.39 is 6.10 Å². The Morgan fingerprint density at radius 1 is 1.30 bits per heavy atom. The molecule has 0 spiro atoms. The van der Waals surface area contributed by atoms with Crippen molar-refractivity contribution in [1.29, 1.82) is 0 Å². The summed E-state index contributed by atoms with van der Waals surface area (Å²) in [4.78, 5) is 2.19. The number of phenols is 1. The summed E-state index contributed by atoms with van der Waals surface area (Å²) in [5.41, 5.74) is 0.529. The molecule has 1 aromatic rings. The van der Waals surface area contributed by atoms with Gasteiger partial charge >= 0.3 is 0 Å². The third kappa shape index (κ3) is 4.10. The van der Waals surface area contributed by atoms with Gasteiger partial charge in [-0.25, -0.2) is 0 Å². The van der Waals surface area contributed by atoms with E-state index in [9.17, 15) is 10.2 Å². The highest BCUT2D eigenvalue weighted by molar-refractivity contribution is 5.40. The van der Waals surface area contributed by atoms with E-state index >= 15 is 0 Å². The van der Waals surface area contributed by atoms with Crippen molar-refractivity contribution in [2.45, 2.75) is 26.1 Å². The molecule has 3 N–H and O–H groups in total. The zero-order valence-corrected chi connectivity index (χ0v) is 12.2. The highest BCUT2D eigenvalue weighted by atomic mass is 16.5. The average molecular weight is 280 g/mol. The largest absolute Gasteiger partial charge is 0.508 e. The highest BCUT2D eigenvalue weighted by Gasteiger charge is 2.19. The Labute approximate surface area is 120 Å². The summed E-state index contributed by atoms with van der Waals surface area (Å²) in [6.07, 6.45) is -0.637. The first-order valence-electron chi connectivity index (χ1n) is 7.17. The lowest BCUT2D eigenvalue weighted by molar-refractivity contribution is 0.103. The van der Waals surface area contributed by atoms with Crippen LogP contribution in [0.3, 0.4) is 0 Å². The molecule has 0 amide bonds. The summed E-state index contributed by atoms with van der Waals surface area (Å²) >= 11 is 0. The standard InChI is InChI=1S/C15H24N2O3/c1-11(2)20-12-3-4-14(18)13(9-12)15(19)10-17-7-5-16-6-8-17/h3-4,9,11,15-16,18-19H,5-8,10H2,1-2H3. The van der Waals surface area contributed by atoms with E-state index in [-0.39, 0.29) is 11.9 Å². The predicted molar refractivity (Wildman–Crippen MR) is 78.1 cm³/mol. The van der Waals surface area contributed by atoms with Gasteiger partial charge in [0, 0.05) is 38.3 Å². The molecular formula is C15H24N2O3. The lowest BCUT2D eigenvalue weighted by atomic mass is 10.1. The SMILES string of the molecule is CC(C)Oc1ccc(O)c(C(O)CN2CCNCC2)c1. The van der Waals surface area contributed by atoms with E-state index in [1.807, 2.05) is 13.8 Å². The Morgan fingerprint density at radius 3 is 2.65 bits per heavy atom. The molecule has 1 heterocycles. The van der Waals surface area contributed by atoms with Gasteiger partial charge in [0.15, 0.2) is 0 Å². The molecular weight excluding hydrogens is 256 g/mol. The minimum Gasteiger partial charge on any atom is -0.508 e. The van der Waals surface area contributed by atoms with Crippen LogP contribution in [0.4, 0.5) is 0 Å². The fraction of sp³-hybridized carbons (Fsp3) is 0.600. The molecule has 0 saturated carbocycles. The second kappa shape index (κ2) is 6.92. The number of nitrogens with one attached hydrogen (secondary N) is 1. The number of aliphatic hydroxyl groups is 1. The topological polar surface area (TPSA) is 65.0 Å². The fourth-order valence-electron chi connectivity index (χ4n) is 2.38. The number of piperazine rings is 1. The van der Waals surface area contributed by atoms with Crippen molar-refractivity contribution in [1.82, 2.24) is 10.2 Å². The zero-order chi connectivity index (χ0) is 14.5. The van der Waals surface area contributed by atoms with Crippen LogP contribution < -0.4 is 10.1 Å². The minimum absolute atomic E-state index is 0.0673. The third-order valence-corrected chi connectivity index (χ3v) is 3.37. The van der Waals surface area contributed by atoms with Crippen molar-refractivity contribution in [2.24, 2.45) is 0 Å². The van der Waals surface area contributed by atoms with Crippen LogP contribution >= 0.6 is 0 Å². The van der Waals surface area contributed by atoms with Gasteiger partial charge in [0.25, 0.3) is 0 Å². The maximum Gasteiger partial charge on any atom is 0.121 e. The number of aliphatic hydroxyl groups excluding tert-OH is 1. The van der Waals surface area contributed by atoms with E-state index in [2.05, 4.69) is 10.2 Å². The first kappa shape index (κ1) is 15.1. The van der Waals surface area contributed by atoms with Crippen LogP contribution in [0.25, 0.3) is 0 Å². The van der Waals surface area contributed by atoms with E-state index in [4.69, 9.17) is 4.74 Å². The monoisotopic (exact) mass is 280 g/mol. The molecule has 1 atom stereocenters. The van der Waals surface area contributed by atoms with Gasteiger partial charge in [0.1, 0.15) is 11.5 Å². The highest BCUT2D eigenvalue weighted by Crippen LogP contribution is 2.29. The van der Waals surface area contributed by atoms with Crippen LogP contribution in [-0.2, 0) is 0 Å². The predicted octanol–water partition coefficient (Wildman–Crippen LogP) is 1.12. The van der Waals surface area contributed by atoms with E-state index in [0.717, 1.165) is 26.2 Å². The third-order valence-electron chi connectivity index (χ3n) is 3.37. The summed E-state index contributed by atoms with van der Waals surface area (Å²) in [5, 5.41) is 23.5. The van der Waals surface area contributed by atoms with Crippen molar-refractivity contribution in [3.05, 3.63) is 23.8 Å². The second-order valence-corrected chi connectivity index (χ2v) is 5.45. The van der Waals surface area contributed by atoms with Gasteiger partial charge in [0.05, 0.1) is 12.2 Å². The lowest BCUT2D eigenvalue weighted by Crippen LogP contribution is -2.44. The molecule has 20 heavy (non-hydrogen) atoms. The molecule has 0 bridgehead atoms. The maximum absolute atomic E-state index is 10.3. The molecule has 0 radical (unpaired) electrons. The van der Waals surface area contributed by atoms with Crippen molar-refractivity contribution >= 4 is 0 Å². The Bertz CT molecular complexity index is 431. The molecule has 1 aliphatic rings. The number of aromatic hydroxyl groups is 1. The zero-order valence-electron chi connectivity index (χ0n) is 12.2. The summed E-state index contributed by atoms with van der Waals surface area (Å²) in [5.74, 6) is 0.788. The van der Waals surface area contributed by atoms with Gasteiger partial charge in [-0.05, 0) is 32.0 Å². The molecule has 1 fully saturated rings. The summed E-state index contributed by atoms with van der Waals surface area (Å²) < 4.78 is 5.60. The first-order valence-corrected chi connectivity index (χ1v) is 7.17. The molecule has 0 aliphatic carbocycles. The number of phenolic OH excluding ortho intramolecular Hbond substituents is 1. The molecule has 1 unspecified atom stereocenters. The van der Waals surface area contributed by atoms with Crippen molar-refractivity contribution in [3.63, 3.8) is 0 Å². The van der Waals surface area contributed by atoms with Crippen LogP contribution in [-0.4, -0.2) is 53.9 Å². The quantitative estimate of drug-likeness (QED) is 0.754. The summed E-state index contributed by atoms with van der Waals surface area (Å²) in [7, 11) is 0. The number of benzene rings is 1. The number of hydrogen-bond donors (Lipinski definition) is 3. The molecule has 1 aromatic carbocycles. The second-order valence-electron chi connectivity index (χ2n) is 5.45. The van der Waals surface area contributed by atoms with Crippen molar-refractivity contribution in [3.8, 4) is 11.5 Å². The molecule has 5 nitrogen and oxygen atoms in total. The van der Waals surface area contributed by atoms with Crippen molar-refractivity contribution in [2.75, 3.05) is 32.7 Å². The number of hydrogen-bond acceptors (Lipinski definition) is 5. The molecule has 2 rings (SSSR count). The molecule has 5 heteroatoms. The number of β-amino-alcohol motifs (C(OH)–C–C–N with tert-alkyl or cyclic N) is 1. The van der Waals surface area contributed by atoms with Gasteiger partial charge in [-0.2, -0.15) is 0 Å². The van der Waals surface area contributed by atoms with Crippen LogP contribution in [0.1, 0.15) is 25.5 Å². The van der Waals surface area contributed by atoms with Crippen LogP contribution in [0.5, 0.6) is 11.5 Å². The number of rotatable bonds is 5. The van der Waals surface area contributed by atoms with E-state index in [1.165, 1.54) is 0 Å². The molecule has 112 valence electrons. The first-order chi connectivity index (χ1) is 9.56. The average Bonchev–Trinajstić information content (AvgIpc) is 2.41. The number of nitrogens with zero attached hydrogens (tertiary/aromatic N) is 1. The molecule has 1 aliphatic heterocycles. The Morgan fingerprint density at radius 2 is 2.00 bits per heavy atom. The van der Waals surface area contributed by atoms with Gasteiger partial charge in [0.2, 0.25) is 0 Å². The maximum atomic E-state index is 10.3. The lowest BCUT2D eigenvalue weighted by Gasteiger charge is -2.29. The molecule has 0 aromatic heterocycles. The molecule has 1 saturated heterocycles. The summed E-state index contributed by atoms with van der Waals surface area (Å²) in [6.45, 7) is 8.14. The van der Waals surface area contributed by atoms with Gasteiger partial charge < -0.3 is 20.3 Å². The minimum atomic E-state index is -0.705. The Balaban J connectivity index is 2.05. The van der Waals surface area contributed by atoms with E-state index in [0.29, 0.717) is 17.9 Å². The van der Waals surface area contributed by atoms with Gasteiger partial charge in [-0.3, -0.25) is 4.90 Å². The Kier molecular flexibility index (Phi) is 5.23. The van der Waals surface area contributed by atoms with E-state index in [1.54, 1.807) is 18.2 Å². The van der Waals surface area contributed by atoms with Crippen LogP contribution in [0.15, 0.2) is 18.2 Å². The smallest absolute Gasteiger partial charge is 0.121 e. The Hall–Kier alpha value is -1.30. The van der Waals surface area contributed by atoms with Gasteiger partial charge in [-0.1, -0.05) is 0 Å². The van der Waals surface area contributed by atoms with Crippen LogP contribution in [0.2, 0.25) is 0 Å². The normalized spacial score (nSPS) is 18.2. The van der Waals surface area contributed by atoms with Gasteiger partial charge in [-0.15, -0.1) is 0 Å². The van der Waals surface area contributed by atoms with Crippen LogP contribution in [0, 0.1) is 0 Å². The summed E-state index contributed by atoms with van der Waals surface area (Å²) in [6, 6.07) is 5.02.